The lowest BCUT2D eigenvalue weighted by Crippen LogP contribution is -2.36. The van der Waals surface area contributed by atoms with Gasteiger partial charge < -0.3 is 10.2 Å². The summed E-state index contributed by atoms with van der Waals surface area (Å²) in [5, 5.41) is 18.7. The Bertz CT molecular complexity index is 524. The van der Waals surface area contributed by atoms with Gasteiger partial charge in [-0.2, -0.15) is 4.39 Å². The van der Waals surface area contributed by atoms with Gasteiger partial charge >= 0.3 is 5.69 Å². The second-order valence-corrected chi connectivity index (χ2v) is 4.30. The van der Waals surface area contributed by atoms with E-state index in [1.807, 2.05) is 4.98 Å². The van der Waals surface area contributed by atoms with Crippen molar-refractivity contribution in [3.05, 3.63) is 32.9 Å². The fourth-order valence-corrected chi connectivity index (χ4v) is 2.25. The van der Waals surface area contributed by atoms with Crippen LogP contribution in [0.15, 0.2) is 15.8 Å². The predicted octanol–water partition coefficient (Wildman–Crippen LogP) is -1.02. The summed E-state index contributed by atoms with van der Waals surface area (Å²) in [6.45, 7) is -0.0891. The summed E-state index contributed by atoms with van der Waals surface area (Å²) in [4.78, 5) is 24.2. The minimum Gasteiger partial charge on any atom is -0.396 e. The minimum absolute atomic E-state index is 0.0891. The number of nitrogens with one attached hydrogen (secondary N) is 1. The van der Waals surface area contributed by atoms with Gasteiger partial charge in [0.2, 0.25) is 5.82 Å². The molecule has 6 nitrogen and oxygen atoms in total. The van der Waals surface area contributed by atoms with Gasteiger partial charge in [0.15, 0.2) is 0 Å². The molecule has 1 aliphatic carbocycles. The molecule has 0 unspecified atom stereocenters. The summed E-state index contributed by atoms with van der Waals surface area (Å²) in [6.07, 6.45) is 0.710. The number of rotatable bonds is 2. The smallest absolute Gasteiger partial charge is 0.328 e. The molecule has 17 heavy (non-hydrogen) atoms. The van der Waals surface area contributed by atoms with Crippen molar-refractivity contribution in [2.75, 3.05) is 6.61 Å². The SMILES string of the molecule is O=c1[nH]c(=O)n([C@@H]2C[C@H](CO)C[C@@H]2O)cc1F. The highest BCUT2D eigenvalue weighted by molar-refractivity contribution is 4.94. The average molecular weight is 244 g/mol. The van der Waals surface area contributed by atoms with E-state index in [0.29, 0.717) is 12.8 Å². The molecule has 1 aromatic heterocycles. The molecule has 1 heterocycles. The van der Waals surface area contributed by atoms with E-state index in [1.54, 1.807) is 0 Å². The van der Waals surface area contributed by atoms with Crippen molar-refractivity contribution >= 4 is 0 Å². The van der Waals surface area contributed by atoms with Crippen LogP contribution in [0.1, 0.15) is 18.9 Å². The number of aliphatic hydroxyl groups is 2. The Morgan fingerprint density at radius 1 is 1.47 bits per heavy atom. The number of nitrogens with zero attached hydrogens (tertiary/aromatic N) is 1. The zero-order valence-corrected chi connectivity index (χ0v) is 8.97. The van der Waals surface area contributed by atoms with E-state index in [2.05, 4.69) is 0 Å². The first kappa shape index (κ1) is 12.0. The van der Waals surface area contributed by atoms with Crippen molar-refractivity contribution in [2.24, 2.45) is 5.92 Å². The van der Waals surface area contributed by atoms with Crippen molar-refractivity contribution in [3.63, 3.8) is 0 Å². The van der Waals surface area contributed by atoms with Crippen molar-refractivity contribution in [1.29, 1.82) is 0 Å². The van der Waals surface area contributed by atoms with Gasteiger partial charge in [-0.15, -0.1) is 0 Å². The summed E-state index contributed by atoms with van der Waals surface area (Å²) < 4.78 is 14.1. The highest BCUT2D eigenvalue weighted by atomic mass is 19.1. The molecule has 1 saturated carbocycles. The van der Waals surface area contributed by atoms with Crippen molar-refractivity contribution < 1.29 is 14.6 Å². The summed E-state index contributed by atoms with van der Waals surface area (Å²) in [7, 11) is 0. The molecule has 94 valence electrons. The molecule has 0 bridgehead atoms. The van der Waals surface area contributed by atoms with Crippen molar-refractivity contribution in [3.8, 4) is 0 Å². The average Bonchev–Trinajstić information content (AvgIpc) is 2.65. The third-order valence-electron chi connectivity index (χ3n) is 3.13. The summed E-state index contributed by atoms with van der Waals surface area (Å²) in [5.41, 5.74) is -1.82. The fraction of sp³-hybridized carbons (Fsp3) is 0.600. The van der Waals surface area contributed by atoms with Gasteiger partial charge in [0.05, 0.1) is 18.3 Å². The van der Waals surface area contributed by atoms with Crippen molar-refractivity contribution in [1.82, 2.24) is 9.55 Å². The van der Waals surface area contributed by atoms with E-state index in [0.717, 1.165) is 10.8 Å². The Morgan fingerprint density at radius 2 is 2.18 bits per heavy atom. The van der Waals surface area contributed by atoms with Crippen LogP contribution < -0.4 is 11.2 Å². The highest BCUT2D eigenvalue weighted by Gasteiger charge is 2.34. The molecule has 1 fully saturated rings. The molecule has 0 aromatic carbocycles. The van der Waals surface area contributed by atoms with E-state index in [4.69, 9.17) is 5.11 Å². The molecule has 0 radical (unpaired) electrons. The third-order valence-corrected chi connectivity index (χ3v) is 3.13. The maximum Gasteiger partial charge on any atom is 0.328 e. The maximum atomic E-state index is 13.1. The second kappa shape index (κ2) is 4.42. The number of halogens is 1. The Labute approximate surface area is 95.3 Å². The topological polar surface area (TPSA) is 95.3 Å². The molecule has 0 aliphatic heterocycles. The van der Waals surface area contributed by atoms with E-state index in [-0.39, 0.29) is 12.5 Å². The van der Waals surface area contributed by atoms with Crippen LogP contribution in [0.2, 0.25) is 0 Å². The Kier molecular flexibility index (Phi) is 3.12. The lowest BCUT2D eigenvalue weighted by Gasteiger charge is -2.16. The highest BCUT2D eigenvalue weighted by Crippen LogP contribution is 2.33. The van der Waals surface area contributed by atoms with Gasteiger partial charge in [-0.25, -0.2) is 4.79 Å². The summed E-state index contributed by atoms with van der Waals surface area (Å²) in [6, 6.07) is -0.606. The molecular weight excluding hydrogens is 231 g/mol. The van der Waals surface area contributed by atoms with Gasteiger partial charge in [0.1, 0.15) is 0 Å². The van der Waals surface area contributed by atoms with E-state index in [1.165, 1.54) is 0 Å². The molecule has 0 saturated heterocycles. The van der Waals surface area contributed by atoms with Crippen LogP contribution in [-0.4, -0.2) is 32.5 Å². The first-order valence-corrected chi connectivity index (χ1v) is 5.32. The predicted molar refractivity (Wildman–Crippen MR) is 56.1 cm³/mol. The van der Waals surface area contributed by atoms with E-state index < -0.39 is 29.2 Å². The molecule has 0 spiro atoms. The zero-order valence-electron chi connectivity index (χ0n) is 8.97. The van der Waals surface area contributed by atoms with Gasteiger partial charge in [-0.3, -0.25) is 14.3 Å². The second-order valence-electron chi connectivity index (χ2n) is 4.30. The molecule has 3 N–H and O–H groups in total. The van der Waals surface area contributed by atoms with Crippen LogP contribution in [0.25, 0.3) is 0 Å². The van der Waals surface area contributed by atoms with Crippen LogP contribution in [0.4, 0.5) is 4.39 Å². The molecule has 2 rings (SSSR count). The van der Waals surface area contributed by atoms with E-state index >= 15 is 0 Å². The number of aromatic amines is 1. The number of hydrogen-bond acceptors (Lipinski definition) is 4. The number of aromatic nitrogens is 2. The lowest BCUT2D eigenvalue weighted by molar-refractivity contribution is 0.128. The zero-order chi connectivity index (χ0) is 12.6. The lowest BCUT2D eigenvalue weighted by atomic mass is 10.1. The van der Waals surface area contributed by atoms with Crippen LogP contribution >= 0.6 is 0 Å². The molecule has 0 amide bonds. The standard InChI is InChI=1S/C10H13FN2O4/c11-6-3-13(10(17)12-9(6)16)7-1-5(4-14)2-8(7)15/h3,5,7-8,14-15H,1-2,4H2,(H,12,16,17)/t5-,7+,8-/m0/s1. The first-order chi connectivity index (χ1) is 8.02. The van der Waals surface area contributed by atoms with Gasteiger partial charge in [0, 0.05) is 6.61 Å². The molecule has 1 aliphatic rings. The van der Waals surface area contributed by atoms with E-state index in [9.17, 15) is 19.1 Å². The van der Waals surface area contributed by atoms with Crippen LogP contribution in [0.5, 0.6) is 0 Å². The first-order valence-electron chi connectivity index (χ1n) is 5.32. The van der Waals surface area contributed by atoms with Gasteiger partial charge in [-0.1, -0.05) is 0 Å². The normalized spacial score (nSPS) is 28.5. The monoisotopic (exact) mass is 244 g/mol. The molecule has 7 heteroatoms. The Morgan fingerprint density at radius 3 is 2.76 bits per heavy atom. The number of hydrogen-bond donors (Lipinski definition) is 3. The summed E-state index contributed by atoms with van der Waals surface area (Å²) >= 11 is 0. The fourth-order valence-electron chi connectivity index (χ4n) is 2.25. The number of H-pyrrole nitrogens is 1. The Balaban J connectivity index is 2.38. The van der Waals surface area contributed by atoms with Gasteiger partial charge in [0.25, 0.3) is 5.56 Å². The maximum absolute atomic E-state index is 13.1. The van der Waals surface area contributed by atoms with Crippen LogP contribution in [0.3, 0.4) is 0 Å². The largest absolute Gasteiger partial charge is 0.396 e. The third kappa shape index (κ3) is 2.16. The number of aliphatic hydroxyl groups excluding tert-OH is 2. The molecule has 3 atom stereocenters. The molecular formula is C10H13FN2O4. The molecule has 1 aromatic rings. The summed E-state index contributed by atoms with van der Waals surface area (Å²) in [5.74, 6) is -1.18. The van der Waals surface area contributed by atoms with Crippen molar-refractivity contribution in [2.45, 2.75) is 25.0 Å². The minimum atomic E-state index is -1.07. The Hall–Kier alpha value is -1.47. The quantitative estimate of drug-likeness (QED) is 0.620. The van der Waals surface area contributed by atoms with Crippen LogP contribution in [-0.2, 0) is 0 Å². The van der Waals surface area contributed by atoms with Crippen LogP contribution in [0, 0.1) is 11.7 Å². The van der Waals surface area contributed by atoms with Gasteiger partial charge in [-0.05, 0) is 18.8 Å².